The summed E-state index contributed by atoms with van der Waals surface area (Å²) in [5, 5.41) is 16.1. The second-order valence-electron chi connectivity index (χ2n) is 2.07. The molecule has 0 spiro atoms. The highest BCUT2D eigenvalue weighted by atomic mass is 79.9. The van der Waals surface area contributed by atoms with Gasteiger partial charge in [-0.3, -0.25) is 4.79 Å². The molecule has 0 saturated heterocycles. The molecule has 0 aliphatic carbocycles. The molecule has 5 heteroatoms. The van der Waals surface area contributed by atoms with Crippen molar-refractivity contribution in [1.82, 2.24) is 0 Å². The summed E-state index contributed by atoms with van der Waals surface area (Å²) in [5.74, 6) is -0.307. The summed E-state index contributed by atoms with van der Waals surface area (Å²) in [7, 11) is 0. The molecule has 2 atom stereocenters. The second kappa shape index (κ2) is 6.11. The standard InChI is InChI=1S/C6H10Br2O3/c7-4(2-1-3-9)5(10)6(8)11/h4,6,9,11H,1-3H2. The Balaban J connectivity index is 3.64. The molecular weight excluding hydrogens is 280 g/mol. The highest BCUT2D eigenvalue weighted by Gasteiger charge is 2.19. The zero-order valence-electron chi connectivity index (χ0n) is 5.83. The minimum Gasteiger partial charge on any atom is -0.396 e. The number of ketones is 1. The van der Waals surface area contributed by atoms with Gasteiger partial charge in [0.25, 0.3) is 0 Å². The number of aliphatic hydroxyl groups is 2. The van der Waals surface area contributed by atoms with E-state index in [4.69, 9.17) is 10.2 Å². The molecule has 0 aromatic rings. The van der Waals surface area contributed by atoms with Gasteiger partial charge in [-0.05, 0) is 28.8 Å². The first kappa shape index (κ1) is 11.6. The fourth-order valence-electron chi connectivity index (χ4n) is 0.562. The molecule has 11 heavy (non-hydrogen) atoms. The lowest BCUT2D eigenvalue weighted by molar-refractivity contribution is -0.122. The second-order valence-corrected chi connectivity index (χ2v) is 4.04. The summed E-state index contributed by atoms with van der Waals surface area (Å²) in [4.78, 5) is 10.6. The van der Waals surface area contributed by atoms with Crippen LogP contribution in [0.1, 0.15) is 12.8 Å². The lowest BCUT2D eigenvalue weighted by atomic mass is 10.2. The molecule has 3 nitrogen and oxygen atoms in total. The number of hydrogen-bond acceptors (Lipinski definition) is 3. The molecule has 0 amide bonds. The lowest BCUT2D eigenvalue weighted by Gasteiger charge is -2.07. The van der Waals surface area contributed by atoms with E-state index < -0.39 is 5.01 Å². The molecule has 0 radical (unpaired) electrons. The molecule has 0 aliphatic heterocycles. The summed E-state index contributed by atoms with van der Waals surface area (Å²) in [6.45, 7) is 0.0633. The third-order valence-electron chi connectivity index (χ3n) is 1.16. The molecule has 0 saturated carbocycles. The van der Waals surface area contributed by atoms with Crippen molar-refractivity contribution in [2.24, 2.45) is 0 Å². The Bertz CT molecular complexity index is 127. The largest absolute Gasteiger partial charge is 0.396 e. The number of carbonyl (C=O) groups excluding carboxylic acids is 1. The fourth-order valence-corrected chi connectivity index (χ4v) is 1.81. The van der Waals surface area contributed by atoms with E-state index in [-0.39, 0.29) is 17.2 Å². The molecule has 0 aliphatic rings. The molecule has 0 aromatic carbocycles. The summed E-state index contributed by atoms with van der Waals surface area (Å²) >= 11 is 5.84. The highest BCUT2D eigenvalue weighted by Crippen LogP contribution is 2.13. The van der Waals surface area contributed by atoms with E-state index in [0.717, 1.165) is 0 Å². The minimum atomic E-state index is -1.11. The Morgan fingerprint density at radius 3 is 2.36 bits per heavy atom. The summed E-state index contributed by atoms with van der Waals surface area (Å²) in [5.41, 5.74) is 0. The van der Waals surface area contributed by atoms with Gasteiger partial charge in [-0.15, -0.1) is 0 Å². The average molecular weight is 290 g/mol. The zero-order valence-corrected chi connectivity index (χ0v) is 9.01. The summed E-state index contributed by atoms with van der Waals surface area (Å²) in [6, 6.07) is 0. The van der Waals surface area contributed by atoms with Crippen LogP contribution in [0.4, 0.5) is 0 Å². The molecule has 0 heterocycles. The van der Waals surface area contributed by atoms with Crippen LogP contribution in [0.15, 0.2) is 0 Å². The molecule has 0 rings (SSSR count). The Hall–Kier alpha value is 0.550. The van der Waals surface area contributed by atoms with Gasteiger partial charge in [0, 0.05) is 6.61 Å². The van der Waals surface area contributed by atoms with Gasteiger partial charge < -0.3 is 10.2 Å². The number of Topliss-reactive ketones (excluding diaryl/α,β-unsaturated/α-hetero) is 1. The van der Waals surface area contributed by atoms with Crippen molar-refractivity contribution in [2.75, 3.05) is 6.61 Å². The SMILES string of the molecule is O=C(C(O)Br)C(Br)CCCO. The van der Waals surface area contributed by atoms with Crippen LogP contribution in [0, 0.1) is 0 Å². The van der Waals surface area contributed by atoms with E-state index in [1.165, 1.54) is 0 Å². The number of aliphatic hydroxyl groups excluding tert-OH is 2. The predicted molar refractivity (Wildman–Crippen MR) is 49.0 cm³/mol. The smallest absolute Gasteiger partial charge is 0.185 e. The van der Waals surface area contributed by atoms with Crippen LogP contribution in [-0.2, 0) is 4.79 Å². The van der Waals surface area contributed by atoms with Crippen molar-refractivity contribution in [2.45, 2.75) is 22.7 Å². The van der Waals surface area contributed by atoms with E-state index in [0.29, 0.717) is 12.8 Å². The van der Waals surface area contributed by atoms with Crippen LogP contribution >= 0.6 is 31.9 Å². The summed E-state index contributed by atoms with van der Waals surface area (Å²) < 4.78 is 0. The molecule has 66 valence electrons. The van der Waals surface area contributed by atoms with Gasteiger partial charge in [0.2, 0.25) is 0 Å². The average Bonchev–Trinajstić information content (AvgIpc) is 1.98. The van der Waals surface area contributed by atoms with E-state index in [2.05, 4.69) is 31.9 Å². The van der Waals surface area contributed by atoms with Crippen molar-refractivity contribution >= 4 is 37.6 Å². The first-order valence-electron chi connectivity index (χ1n) is 3.20. The van der Waals surface area contributed by atoms with Crippen molar-refractivity contribution in [3.05, 3.63) is 0 Å². The number of hydrogen-bond donors (Lipinski definition) is 2. The van der Waals surface area contributed by atoms with Gasteiger partial charge in [0.15, 0.2) is 10.8 Å². The van der Waals surface area contributed by atoms with Crippen LogP contribution in [0.3, 0.4) is 0 Å². The van der Waals surface area contributed by atoms with Crippen molar-refractivity contribution in [3.8, 4) is 0 Å². The van der Waals surface area contributed by atoms with E-state index in [1.807, 2.05) is 0 Å². The number of carbonyl (C=O) groups is 1. The third-order valence-corrected chi connectivity index (χ3v) is 2.52. The maximum Gasteiger partial charge on any atom is 0.185 e. The van der Waals surface area contributed by atoms with E-state index >= 15 is 0 Å². The monoisotopic (exact) mass is 288 g/mol. The van der Waals surface area contributed by atoms with Crippen molar-refractivity contribution in [3.63, 3.8) is 0 Å². The van der Waals surface area contributed by atoms with Crippen molar-refractivity contribution < 1.29 is 15.0 Å². The maximum atomic E-state index is 10.9. The molecule has 2 N–H and O–H groups in total. The van der Waals surface area contributed by atoms with Gasteiger partial charge in [0.1, 0.15) is 0 Å². The minimum absolute atomic E-state index is 0.0633. The Morgan fingerprint density at radius 2 is 2.00 bits per heavy atom. The van der Waals surface area contributed by atoms with Gasteiger partial charge in [-0.1, -0.05) is 15.9 Å². The Morgan fingerprint density at radius 1 is 1.45 bits per heavy atom. The van der Waals surface area contributed by atoms with Crippen LogP contribution < -0.4 is 0 Å². The van der Waals surface area contributed by atoms with Gasteiger partial charge in [0.05, 0.1) is 4.83 Å². The predicted octanol–water partition coefficient (Wildman–Crippen LogP) is 0.805. The molecule has 0 fully saturated rings. The van der Waals surface area contributed by atoms with Crippen LogP contribution in [0.2, 0.25) is 0 Å². The quantitative estimate of drug-likeness (QED) is 0.737. The molecule has 2 unspecified atom stereocenters. The van der Waals surface area contributed by atoms with Crippen LogP contribution in [-0.4, -0.2) is 32.4 Å². The number of alkyl halides is 2. The Labute approximate surface area is 82.0 Å². The zero-order chi connectivity index (χ0) is 8.85. The first-order chi connectivity index (χ1) is 5.09. The summed E-state index contributed by atoms with van der Waals surface area (Å²) in [6.07, 6.45) is 1.10. The van der Waals surface area contributed by atoms with Crippen LogP contribution in [0.25, 0.3) is 0 Å². The lowest BCUT2D eigenvalue weighted by Crippen LogP contribution is -2.23. The fraction of sp³-hybridized carbons (Fsp3) is 0.833. The van der Waals surface area contributed by atoms with Gasteiger partial charge >= 0.3 is 0 Å². The third kappa shape index (κ3) is 4.90. The normalized spacial score (nSPS) is 16.0. The molecule has 0 aromatic heterocycles. The van der Waals surface area contributed by atoms with E-state index in [9.17, 15) is 4.79 Å². The number of halogens is 2. The first-order valence-corrected chi connectivity index (χ1v) is 5.03. The Kier molecular flexibility index (Phi) is 6.41. The van der Waals surface area contributed by atoms with Gasteiger partial charge in [-0.2, -0.15) is 0 Å². The van der Waals surface area contributed by atoms with Gasteiger partial charge in [-0.25, -0.2) is 0 Å². The number of rotatable bonds is 5. The topological polar surface area (TPSA) is 57.5 Å². The molecule has 0 bridgehead atoms. The molecular formula is C6H10Br2O3. The van der Waals surface area contributed by atoms with Crippen LogP contribution in [0.5, 0.6) is 0 Å². The van der Waals surface area contributed by atoms with E-state index in [1.54, 1.807) is 0 Å². The maximum absolute atomic E-state index is 10.9. The van der Waals surface area contributed by atoms with Crippen molar-refractivity contribution in [1.29, 1.82) is 0 Å². The highest BCUT2D eigenvalue weighted by molar-refractivity contribution is 9.10.